The van der Waals surface area contributed by atoms with Crippen LogP contribution in [0.3, 0.4) is 0 Å². The predicted octanol–water partition coefficient (Wildman–Crippen LogP) is 3.15. The molecule has 0 unspecified atom stereocenters. The first-order valence-corrected chi connectivity index (χ1v) is 6.70. The summed E-state index contributed by atoms with van der Waals surface area (Å²) in [4.78, 5) is 13.7. The van der Waals surface area contributed by atoms with Gasteiger partial charge in [-0.15, -0.1) is 0 Å². The van der Waals surface area contributed by atoms with Gasteiger partial charge in [0.2, 0.25) is 0 Å². The van der Waals surface area contributed by atoms with Gasteiger partial charge in [-0.25, -0.2) is 9.97 Å². The van der Waals surface area contributed by atoms with Gasteiger partial charge in [-0.2, -0.15) is 0 Å². The van der Waals surface area contributed by atoms with Crippen LogP contribution in [0.2, 0.25) is 0 Å². The minimum Gasteiger partial charge on any atom is -0.370 e. The van der Waals surface area contributed by atoms with Gasteiger partial charge in [0.25, 0.3) is 0 Å². The third kappa shape index (κ3) is 2.72. The van der Waals surface area contributed by atoms with Crippen molar-refractivity contribution in [3.63, 3.8) is 0 Å². The molecule has 0 bridgehead atoms. The first-order valence-electron chi connectivity index (χ1n) is 6.70. The fourth-order valence-electron chi connectivity index (χ4n) is 2.07. The number of nitrogens with one attached hydrogen (secondary N) is 1. The normalized spacial score (nSPS) is 10.5. The lowest BCUT2D eigenvalue weighted by atomic mass is 10.1. The number of aromatic nitrogens is 3. The highest BCUT2D eigenvalue weighted by Crippen LogP contribution is 2.22. The fraction of sp³-hybridized carbons (Fsp3) is 0.400. The van der Waals surface area contributed by atoms with Crippen molar-refractivity contribution >= 4 is 5.82 Å². The Bertz CT molecular complexity index is 578. The zero-order chi connectivity index (χ0) is 13.8. The molecule has 0 saturated heterocycles. The van der Waals surface area contributed by atoms with Gasteiger partial charge in [0.1, 0.15) is 11.5 Å². The van der Waals surface area contributed by atoms with Crippen LogP contribution < -0.4 is 5.32 Å². The van der Waals surface area contributed by atoms with Crippen LogP contribution in [0.15, 0.2) is 18.3 Å². The standard InChI is InChI=1S/C15H20N4/c1-5-12-11(4)14(16-6-2)19-15(18-12)13-10(3)8-7-9-17-13/h7-9H,5-6H2,1-4H3,(H,16,18,19). The lowest BCUT2D eigenvalue weighted by Crippen LogP contribution is -2.08. The van der Waals surface area contributed by atoms with Gasteiger partial charge >= 0.3 is 0 Å². The van der Waals surface area contributed by atoms with Crippen molar-refractivity contribution < 1.29 is 0 Å². The summed E-state index contributed by atoms with van der Waals surface area (Å²) < 4.78 is 0. The molecular weight excluding hydrogens is 236 g/mol. The van der Waals surface area contributed by atoms with Gasteiger partial charge in [0.05, 0.1) is 0 Å². The van der Waals surface area contributed by atoms with E-state index in [1.54, 1.807) is 6.20 Å². The number of aryl methyl sites for hydroxylation is 2. The molecule has 0 amide bonds. The highest BCUT2D eigenvalue weighted by molar-refractivity contribution is 5.59. The molecule has 4 nitrogen and oxygen atoms in total. The Morgan fingerprint density at radius 2 is 1.95 bits per heavy atom. The minimum absolute atomic E-state index is 0.705. The van der Waals surface area contributed by atoms with E-state index in [1.807, 2.05) is 19.1 Å². The van der Waals surface area contributed by atoms with Crippen molar-refractivity contribution in [3.8, 4) is 11.5 Å². The van der Waals surface area contributed by atoms with Crippen molar-refractivity contribution in [3.05, 3.63) is 35.2 Å². The molecule has 0 aliphatic rings. The molecule has 100 valence electrons. The molecule has 2 aromatic rings. The number of anilines is 1. The van der Waals surface area contributed by atoms with Gasteiger partial charge in [-0.05, 0) is 38.8 Å². The van der Waals surface area contributed by atoms with E-state index in [0.29, 0.717) is 5.82 Å². The average Bonchev–Trinajstić information content (AvgIpc) is 2.42. The Hall–Kier alpha value is -1.97. The summed E-state index contributed by atoms with van der Waals surface area (Å²) in [5.41, 5.74) is 4.15. The molecule has 0 spiro atoms. The van der Waals surface area contributed by atoms with E-state index in [9.17, 15) is 0 Å². The molecule has 1 N–H and O–H groups in total. The molecule has 2 rings (SSSR count). The second-order valence-electron chi connectivity index (χ2n) is 4.52. The zero-order valence-electron chi connectivity index (χ0n) is 12.0. The van der Waals surface area contributed by atoms with Gasteiger partial charge in [0, 0.05) is 24.0 Å². The van der Waals surface area contributed by atoms with E-state index in [1.165, 1.54) is 0 Å². The highest BCUT2D eigenvalue weighted by atomic mass is 15.0. The molecule has 0 aromatic carbocycles. The fourth-order valence-corrected chi connectivity index (χ4v) is 2.07. The summed E-state index contributed by atoms with van der Waals surface area (Å²) in [5.74, 6) is 1.62. The molecule has 2 aromatic heterocycles. The molecule has 0 fully saturated rings. The monoisotopic (exact) mass is 256 g/mol. The van der Waals surface area contributed by atoms with Crippen LogP contribution in [0.1, 0.15) is 30.7 Å². The number of pyridine rings is 1. The lowest BCUT2D eigenvalue weighted by Gasteiger charge is -2.12. The first kappa shape index (κ1) is 13.5. The molecule has 0 radical (unpaired) electrons. The van der Waals surface area contributed by atoms with Crippen LogP contribution in [0.5, 0.6) is 0 Å². The number of nitrogens with zero attached hydrogens (tertiary/aromatic N) is 3. The van der Waals surface area contributed by atoms with E-state index in [-0.39, 0.29) is 0 Å². The summed E-state index contributed by atoms with van der Waals surface area (Å²) in [6.07, 6.45) is 2.68. The summed E-state index contributed by atoms with van der Waals surface area (Å²) >= 11 is 0. The smallest absolute Gasteiger partial charge is 0.180 e. The Labute approximate surface area is 114 Å². The summed E-state index contributed by atoms with van der Waals surface area (Å²) in [6, 6.07) is 3.96. The summed E-state index contributed by atoms with van der Waals surface area (Å²) in [5, 5.41) is 3.30. The third-order valence-electron chi connectivity index (χ3n) is 3.15. The average molecular weight is 256 g/mol. The maximum Gasteiger partial charge on any atom is 0.180 e. The Morgan fingerprint density at radius 3 is 2.58 bits per heavy atom. The van der Waals surface area contributed by atoms with Gasteiger partial charge < -0.3 is 5.32 Å². The van der Waals surface area contributed by atoms with E-state index in [2.05, 4.69) is 41.0 Å². The first-order chi connectivity index (χ1) is 9.17. The Morgan fingerprint density at radius 1 is 1.16 bits per heavy atom. The zero-order valence-corrected chi connectivity index (χ0v) is 12.0. The number of rotatable bonds is 4. The molecular formula is C15H20N4. The van der Waals surface area contributed by atoms with Crippen LogP contribution in [-0.2, 0) is 6.42 Å². The highest BCUT2D eigenvalue weighted by Gasteiger charge is 2.12. The lowest BCUT2D eigenvalue weighted by molar-refractivity contribution is 0.963. The van der Waals surface area contributed by atoms with E-state index >= 15 is 0 Å². The molecule has 0 atom stereocenters. The van der Waals surface area contributed by atoms with Crippen molar-refractivity contribution in [1.82, 2.24) is 15.0 Å². The van der Waals surface area contributed by atoms with Crippen LogP contribution >= 0.6 is 0 Å². The SMILES string of the molecule is CCNc1nc(-c2ncccc2C)nc(CC)c1C. The molecule has 2 heterocycles. The van der Waals surface area contributed by atoms with Crippen molar-refractivity contribution in [2.24, 2.45) is 0 Å². The van der Waals surface area contributed by atoms with Gasteiger partial charge in [-0.1, -0.05) is 13.0 Å². The third-order valence-corrected chi connectivity index (χ3v) is 3.15. The maximum atomic E-state index is 4.65. The van der Waals surface area contributed by atoms with Crippen LogP contribution in [0.25, 0.3) is 11.5 Å². The van der Waals surface area contributed by atoms with Crippen molar-refractivity contribution in [2.75, 3.05) is 11.9 Å². The summed E-state index contributed by atoms with van der Waals surface area (Å²) in [6.45, 7) is 9.12. The predicted molar refractivity (Wildman–Crippen MR) is 78.3 cm³/mol. The summed E-state index contributed by atoms with van der Waals surface area (Å²) in [7, 11) is 0. The topological polar surface area (TPSA) is 50.7 Å². The Kier molecular flexibility index (Phi) is 4.10. The molecule has 19 heavy (non-hydrogen) atoms. The quantitative estimate of drug-likeness (QED) is 0.913. The van der Waals surface area contributed by atoms with E-state index < -0.39 is 0 Å². The molecule has 0 saturated carbocycles. The number of hydrogen-bond acceptors (Lipinski definition) is 4. The maximum absolute atomic E-state index is 4.65. The Balaban J connectivity index is 2.58. The molecule has 0 aliphatic heterocycles. The van der Waals surface area contributed by atoms with Crippen LogP contribution in [0, 0.1) is 13.8 Å². The van der Waals surface area contributed by atoms with Crippen LogP contribution in [-0.4, -0.2) is 21.5 Å². The largest absolute Gasteiger partial charge is 0.370 e. The van der Waals surface area contributed by atoms with Crippen molar-refractivity contribution in [1.29, 1.82) is 0 Å². The molecule has 4 heteroatoms. The van der Waals surface area contributed by atoms with Crippen LogP contribution in [0.4, 0.5) is 5.82 Å². The molecule has 0 aliphatic carbocycles. The minimum atomic E-state index is 0.705. The van der Waals surface area contributed by atoms with E-state index in [4.69, 9.17) is 0 Å². The van der Waals surface area contributed by atoms with Gasteiger partial charge in [0.15, 0.2) is 5.82 Å². The van der Waals surface area contributed by atoms with E-state index in [0.717, 1.165) is 41.3 Å². The number of hydrogen-bond donors (Lipinski definition) is 1. The van der Waals surface area contributed by atoms with Crippen molar-refractivity contribution in [2.45, 2.75) is 34.1 Å². The second-order valence-corrected chi connectivity index (χ2v) is 4.52. The second kappa shape index (κ2) is 5.78. The van der Waals surface area contributed by atoms with Gasteiger partial charge in [-0.3, -0.25) is 4.98 Å².